The summed E-state index contributed by atoms with van der Waals surface area (Å²) in [4.78, 5) is 28.4. The SMILES string of the molecule is CCCNC(=O)[C@H](Cc1ccccc1)N(Cc1ccccc1Cl)C(=O)COc1ccc(Br)c(C)c1. The van der Waals surface area contributed by atoms with Crippen molar-refractivity contribution in [2.45, 2.75) is 39.3 Å². The number of ether oxygens (including phenoxy) is 1. The lowest BCUT2D eigenvalue weighted by Gasteiger charge is -2.31. The molecule has 0 aliphatic heterocycles. The minimum atomic E-state index is -0.719. The van der Waals surface area contributed by atoms with Crippen molar-refractivity contribution in [2.75, 3.05) is 13.2 Å². The Hall–Kier alpha value is -2.83. The summed E-state index contributed by atoms with van der Waals surface area (Å²) in [7, 11) is 0. The fourth-order valence-corrected chi connectivity index (χ4v) is 4.11. The van der Waals surface area contributed by atoms with E-state index in [0.29, 0.717) is 23.7 Å². The van der Waals surface area contributed by atoms with E-state index < -0.39 is 6.04 Å². The van der Waals surface area contributed by atoms with Gasteiger partial charge in [-0.25, -0.2) is 0 Å². The highest BCUT2D eigenvalue weighted by Gasteiger charge is 2.31. The summed E-state index contributed by atoms with van der Waals surface area (Å²) in [6.07, 6.45) is 1.18. The Labute approximate surface area is 220 Å². The van der Waals surface area contributed by atoms with Crippen LogP contribution in [0.3, 0.4) is 0 Å². The van der Waals surface area contributed by atoms with E-state index in [-0.39, 0.29) is 25.0 Å². The number of rotatable bonds is 11. The van der Waals surface area contributed by atoms with Crippen LogP contribution in [0.2, 0.25) is 5.02 Å². The highest BCUT2D eigenvalue weighted by molar-refractivity contribution is 9.10. The van der Waals surface area contributed by atoms with Gasteiger partial charge in [-0.05, 0) is 54.3 Å². The zero-order chi connectivity index (χ0) is 25.2. The third-order valence-corrected chi connectivity index (χ3v) is 6.87. The molecular weight excluding hydrogens is 528 g/mol. The molecule has 2 amide bonds. The second-order valence-corrected chi connectivity index (χ2v) is 9.57. The van der Waals surface area contributed by atoms with Gasteiger partial charge in [-0.2, -0.15) is 0 Å². The van der Waals surface area contributed by atoms with Gasteiger partial charge in [0.1, 0.15) is 11.8 Å². The van der Waals surface area contributed by atoms with Crippen LogP contribution in [-0.4, -0.2) is 35.9 Å². The van der Waals surface area contributed by atoms with E-state index in [1.807, 2.05) is 74.5 Å². The van der Waals surface area contributed by atoms with Gasteiger partial charge in [0.05, 0.1) is 0 Å². The van der Waals surface area contributed by atoms with Crippen LogP contribution in [-0.2, 0) is 22.6 Å². The standard InChI is InChI=1S/C28H30BrClN2O3/c1-3-15-31-28(34)26(17-21-9-5-4-6-10-21)32(18-22-11-7-8-12-25(22)30)27(33)19-35-23-13-14-24(29)20(2)16-23/h4-14,16,26H,3,15,17-19H2,1-2H3,(H,31,34)/t26-/m0/s1. The van der Waals surface area contributed by atoms with Crippen LogP contribution in [0.25, 0.3) is 0 Å². The second-order valence-electron chi connectivity index (χ2n) is 8.31. The molecule has 3 aromatic rings. The molecule has 0 heterocycles. The number of halogens is 2. The van der Waals surface area contributed by atoms with E-state index in [4.69, 9.17) is 16.3 Å². The molecule has 3 rings (SSSR count). The maximum absolute atomic E-state index is 13.6. The summed E-state index contributed by atoms with van der Waals surface area (Å²) < 4.78 is 6.80. The van der Waals surface area contributed by atoms with Gasteiger partial charge in [-0.3, -0.25) is 9.59 Å². The molecule has 3 aromatic carbocycles. The summed E-state index contributed by atoms with van der Waals surface area (Å²) in [5, 5.41) is 3.51. The smallest absolute Gasteiger partial charge is 0.261 e. The first-order chi connectivity index (χ1) is 16.9. The van der Waals surface area contributed by atoms with Crippen molar-refractivity contribution in [3.8, 4) is 5.75 Å². The molecule has 0 aliphatic rings. The fraction of sp³-hybridized carbons (Fsp3) is 0.286. The van der Waals surface area contributed by atoms with Crippen molar-refractivity contribution < 1.29 is 14.3 Å². The molecule has 1 atom stereocenters. The van der Waals surface area contributed by atoms with Crippen LogP contribution in [0.15, 0.2) is 77.3 Å². The molecule has 35 heavy (non-hydrogen) atoms. The average molecular weight is 558 g/mol. The molecule has 7 heteroatoms. The largest absolute Gasteiger partial charge is 0.484 e. The van der Waals surface area contributed by atoms with Gasteiger partial charge in [0.2, 0.25) is 5.91 Å². The van der Waals surface area contributed by atoms with Crippen LogP contribution in [0.1, 0.15) is 30.0 Å². The number of hydrogen-bond acceptors (Lipinski definition) is 3. The van der Waals surface area contributed by atoms with E-state index in [2.05, 4.69) is 21.2 Å². The van der Waals surface area contributed by atoms with E-state index in [1.54, 1.807) is 17.0 Å². The van der Waals surface area contributed by atoms with Gasteiger partial charge in [0, 0.05) is 29.0 Å². The normalized spacial score (nSPS) is 11.5. The lowest BCUT2D eigenvalue weighted by molar-refractivity contribution is -0.142. The Bertz CT molecular complexity index is 1140. The van der Waals surface area contributed by atoms with Gasteiger partial charge in [0.25, 0.3) is 5.91 Å². The molecule has 0 saturated carbocycles. The number of hydrogen-bond donors (Lipinski definition) is 1. The van der Waals surface area contributed by atoms with Crippen LogP contribution < -0.4 is 10.1 Å². The highest BCUT2D eigenvalue weighted by Crippen LogP contribution is 2.23. The highest BCUT2D eigenvalue weighted by atomic mass is 79.9. The predicted octanol–water partition coefficient (Wildman–Crippen LogP) is 5.96. The van der Waals surface area contributed by atoms with Crippen molar-refractivity contribution in [1.29, 1.82) is 0 Å². The molecule has 0 spiro atoms. The lowest BCUT2D eigenvalue weighted by atomic mass is 10.0. The molecule has 5 nitrogen and oxygen atoms in total. The summed E-state index contributed by atoms with van der Waals surface area (Å²) >= 11 is 9.91. The Morgan fingerprint density at radius 2 is 1.77 bits per heavy atom. The molecule has 0 radical (unpaired) electrons. The van der Waals surface area contributed by atoms with Crippen molar-refractivity contribution in [2.24, 2.45) is 0 Å². The molecule has 0 bridgehead atoms. The topological polar surface area (TPSA) is 58.6 Å². The Balaban J connectivity index is 1.90. The Kier molecular flexibility index (Phi) is 10.2. The fourth-order valence-electron chi connectivity index (χ4n) is 3.67. The van der Waals surface area contributed by atoms with Crippen LogP contribution >= 0.6 is 27.5 Å². The van der Waals surface area contributed by atoms with Gasteiger partial charge in [0.15, 0.2) is 6.61 Å². The summed E-state index contributed by atoms with van der Waals surface area (Å²) in [6.45, 7) is 4.48. The Morgan fingerprint density at radius 3 is 2.46 bits per heavy atom. The molecule has 0 aromatic heterocycles. The monoisotopic (exact) mass is 556 g/mol. The molecule has 0 unspecified atom stereocenters. The van der Waals surface area contributed by atoms with Crippen LogP contribution in [0.4, 0.5) is 0 Å². The number of aryl methyl sites for hydroxylation is 1. The molecule has 0 fully saturated rings. The van der Waals surface area contributed by atoms with Gasteiger partial charge in [-0.15, -0.1) is 0 Å². The van der Waals surface area contributed by atoms with E-state index >= 15 is 0 Å². The maximum Gasteiger partial charge on any atom is 0.261 e. The molecule has 1 N–H and O–H groups in total. The first kappa shape index (κ1) is 26.8. The van der Waals surface area contributed by atoms with Crippen molar-refractivity contribution in [3.63, 3.8) is 0 Å². The van der Waals surface area contributed by atoms with Gasteiger partial charge in [-0.1, -0.05) is 83.0 Å². The van der Waals surface area contributed by atoms with Crippen molar-refractivity contribution in [1.82, 2.24) is 10.2 Å². The third-order valence-electron chi connectivity index (χ3n) is 5.61. The average Bonchev–Trinajstić information content (AvgIpc) is 2.86. The lowest BCUT2D eigenvalue weighted by Crippen LogP contribution is -2.51. The number of carbonyl (C=O) groups excluding carboxylic acids is 2. The molecule has 0 saturated heterocycles. The minimum Gasteiger partial charge on any atom is -0.484 e. The number of carbonyl (C=O) groups is 2. The quantitative estimate of drug-likeness (QED) is 0.317. The summed E-state index contributed by atoms with van der Waals surface area (Å²) in [5.41, 5.74) is 2.73. The number of nitrogens with zero attached hydrogens (tertiary/aromatic N) is 1. The zero-order valence-electron chi connectivity index (χ0n) is 20.0. The third kappa shape index (κ3) is 7.84. The van der Waals surface area contributed by atoms with E-state index in [1.165, 1.54) is 0 Å². The minimum absolute atomic E-state index is 0.193. The zero-order valence-corrected chi connectivity index (χ0v) is 22.3. The molecule has 184 valence electrons. The van der Waals surface area contributed by atoms with Gasteiger partial charge >= 0.3 is 0 Å². The number of amides is 2. The number of benzene rings is 3. The maximum atomic E-state index is 13.6. The van der Waals surface area contributed by atoms with Crippen LogP contribution in [0, 0.1) is 6.92 Å². The molecule has 0 aliphatic carbocycles. The molecular formula is C28H30BrClN2O3. The first-order valence-electron chi connectivity index (χ1n) is 11.6. The van der Waals surface area contributed by atoms with E-state index in [9.17, 15) is 9.59 Å². The van der Waals surface area contributed by atoms with Gasteiger partial charge < -0.3 is 15.0 Å². The summed E-state index contributed by atoms with van der Waals surface area (Å²) in [5.74, 6) is 0.0976. The number of nitrogens with one attached hydrogen (secondary N) is 1. The predicted molar refractivity (Wildman–Crippen MR) is 144 cm³/mol. The summed E-state index contributed by atoms with van der Waals surface area (Å²) in [6, 6.07) is 21.9. The second kappa shape index (κ2) is 13.3. The van der Waals surface area contributed by atoms with Crippen LogP contribution in [0.5, 0.6) is 5.75 Å². The van der Waals surface area contributed by atoms with E-state index in [0.717, 1.165) is 27.6 Å². The van der Waals surface area contributed by atoms with Crippen molar-refractivity contribution >= 4 is 39.3 Å². The first-order valence-corrected chi connectivity index (χ1v) is 12.8. The van der Waals surface area contributed by atoms with Crippen molar-refractivity contribution in [3.05, 3.63) is 99.0 Å². The Morgan fingerprint density at radius 1 is 1.06 bits per heavy atom.